The molecule has 0 aromatic heterocycles. The number of carbonyl (C=O) groups is 2. The molecule has 2 rings (SSSR count). The molecule has 0 bridgehead atoms. The third-order valence-corrected chi connectivity index (χ3v) is 5.19. The molecule has 1 heterocycles. The number of carbonyl (C=O) groups excluding carboxylic acids is 2. The normalized spacial score (nSPS) is 15.1. The van der Waals surface area contributed by atoms with E-state index in [9.17, 15) is 9.59 Å². The molecule has 1 fully saturated rings. The second-order valence-corrected chi connectivity index (χ2v) is 7.78. The molecule has 6 heteroatoms. The zero-order valence-electron chi connectivity index (χ0n) is 20.2. The number of ether oxygens (including phenoxy) is 4. The van der Waals surface area contributed by atoms with E-state index in [0.29, 0.717) is 25.9 Å². The van der Waals surface area contributed by atoms with Gasteiger partial charge in [0.05, 0.1) is 14.2 Å². The minimum Gasteiger partial charge on any atom is -0.469 e. The van der Waals surface area contributed by atoms with Crippen LogP contribution in [0.1, 0.15) is 74.5 Å². The summed E-state index contributed by atoms with van der Waals surface area (Å²) in [6.45, 7) is 1.47. The van der Waals surface area contributed by atoms with E-state index in [1.54, 1.807) is 6.08 Å². The maximum Gasteiger partial charge on any atom is 0.330 e. The molecule has 0 spiro atoms. The highest BCUT2D eigenvalue weighted by atomic mass is 16.7. The fourth-order valence-electron chi connectivity index (χ4n) is 3.29. The van der Waals surface area contributed by atoms with Crippen molar-refractivity contribution in [3.63, 3.8) is 0 Å². The zero-order valence-corrected chi connectivity index (χ0v) is 20.2. The van der Waals surface area contributed by atoms with E-state index in [4.69, 9.17) is 14.2 Å². The molecule has 1 aliphatic heterocycles. The van der Waals surface area contributed by atoms with E-state index in [2.05, 4.69) is 28.4 Å². The number of methoxy groups -OCH3 is 2. The lowest BCUT2D eigenvalue weighted by Gasteiger charge is -2.22. The van der Waals surface area contributed by atoms with Crippen molar-refractivity contribution in [2.45, 2.75) is 64.1 Å². The monoisotopic (exact) mass is 466 g/mol. The Bertz CT molecular complexity index is 935. The maximum atomic E-state index is 11.6. The quantitative estimate of drug-likeness (QED) is 0.217. The van der Waals surface area contributed by atoms with Gasteiger partial charge in [0.1, 0.15) is 0 Å². The largest absolute Gasteiger partial charge is 0.469 e. The molecular formula is C28H34O6. The fourth-order valence-corrected chi connectivity index (χ4v) is 3.29. The molecule has 0 amide bonds. The van der Waals surface area contributed by atoms with E-state index in [0.717, 1.165) is 55.4 Å². The lowest BCUT2D eigenvalue weighted by atomic mass is 10.00. The summed E-state index contributed by atoms with van der Waals surface area (Å²) in [7, 11) is 2.71. The van der Waals surface area contributed by atoms with Crippen LogP contribution in [0.5, 0.6) is 0 Å². The van der Waals surface area contributed by atoms with Gasteiger partial charge in [0.15, 0.2) is 6.29 Å². The molecule has 182 valence electrons. The van der Waals surface area contributed by atoms with Crippen molar-refractivity contribution in [2.75, 3.05) is 27.4 Å². The van der Waals surface area contributed by atoms with Crippen LogP contribution in [0.25, 0.3) is 6.08 Å². The van der Waals surface area contributed by atoms with E-state index >= 15 is 0 Å². The van der Waals surface area contributed by atoms with Crippen molar-refractivity contribution in [3.05, 3.63) is 41.0 Å². The number of hydrogen-bond donors (Lipinski definition) is 0. The van der Waals surface area contributed by atoms with Crippen molar-refractivity contribution in [3.8, 4) is 23.7 Å². The highest BCUT2D eigenvalue weighted by Gasteiger charge is 2.13. The van der Waals surface area contributed by atoms with Crippen LogP contribution in [0.4, 0.5) is 0 Å². The second-order valence-electron chi connectivity index (χ2n) is 7.78. The Morgan fingerprint density at radius 1 is 1.03 bits per heavy atom. The molecule has 0 saturated carbocycles. The smallest absolute Gasteiger partial charge is 0.330 e. The molecule has 1 aliphatic rings. The van der Waals surface area contributed by atoms with Crippen LogP contribution in [-0.2, 0) is 28.5 Å². The molecule has 1 aromatic carbocycles. The van der Waals surface area contributed by atoms with Gasteiger partial charge in [-0.3, -0.25) is 4.79 Å². The zero-order chi connectivity index (χ0) is 24.4. The number of rotatable bonds is 10. The highest BCUT2D eigenvalue weighted by Crippen LogP contribution is 2.17. The van der Waals surface area contributed by atoms with Gasteiger partial charge < -0.3 is 18.9 Å². The van der Waals surface area contributed by atoms with Crippen LogP contribution in [0.15, 0.2) is 24.3 Å². The summed E-state index contributed by atoms with van der Waals surface area (Å²) in [5.41, 5.74) is 2.35. The maximum absolute atomic E-state index is 11.6. The van der Waals surface area contributed by atoms with Crippen LogP contribution in [0.3, 0.4) is 0 Å². The van der Waals surface area contributed by atoms with Crippen molar-refractivity contribution in [1.29, 1.82) is 0 Å². The Labute approximate surface area is 203 Å². The third kappa shape index (κ3) is 10.7. The SMILES string of the molecule is COC(=O)C=Cc1c(C#CCCCCOC2CCCCO2)cccc1C#CCCCC(=O)OC. The number of esters is 2. The molecule has 1 unspecified atom stereocenters. The standard InChI is InChI=1S/C28H34O6/c1-31-26(29)17-8-5-7-14-24-16-12-15-23(25(24)19-20-27(30)32-2)13-6-3-4-10-21-33-28-18-9-11-22-34-28/h12,15-16,19-20,28H,3-5,8-11,17-18,21-22H2,1-2H3. The summed E-state index contributed by atoms with van der Waals surface area (Å²) < 4.78 is 20.7. The van der Waals surface area contributed by atoms with Crippen LogP contribution in [0, 0.1) is 23.7 Å². The highest BCUT2D eigenvalue weighted by molar-refractivity contribution is 5.88. The summed E-state index contributed by atoms with van der Waals surface area (Å²) in [6.07, 6.45) is 10.4. The lowest BCUT2D eigenvalue weighted by molar-refractivity contribution is -0.162. The molecule has 1 atom stereocenters. The van der Waals surface area contributed by atoms with Gasteiger partial charge in [0, 0.05) is 55.2 Å². The number of hydrogen-bond acceptors (Lipinski definition) is 6. The molecule has 0 aliphatic carbocycles. The Kier molecular flexibility index (Phi) is 13.2. The summed E-state index contributed by atoms with van der Waals surface area (Å²) in [6, 6.07) is 5.70. The van der Waals surface area contributed by atoms with Gasteiger partial charge in [-0.2, -0.15) is 0 Å². The second kappa shape index (κ2) is 16.5. The van der Waals surface area contributed by atoms with Crippen molar-refractivity contribution < 1.29 is 28.5 Å². The summed E-state index contributed by atoms with van der Waals surface area (Å²) >= 11 is 0. The van der Waals surface area contributed by atoms with Crippen molar-refractivity contribution in [2.24, 2.45) is 0 Å². The van der Waals surface area contributed by atoms with E-state index < -0.39 is 5.97 Å². The van der Waals surface area contributed by atoms with Gasteiger partial charge in [-0.25, -0.2) is 4.79 Å². The predicted octanol–water partition coefficient (Wildman–Crippen LogP) is 4.63. The van der Waals surface area contributed by atoms with Crippen LogP contribution < -0.4 is 0 Å². The van der Waals surface area contributed by atoms with Crippen LogP contribution >= 0.6 is 0 Å². The van der Waals surface area contributed by atoms with Crippen LogP contribution in [-0.4, -0.2) is 45.7 Å². The van der Waals surface area contributed by atoms with Gasteiger partial charge in [0.25, 0.3) is 0 Å². The molecule has 1 aromatic rings. The van der Waals surface area contributed by atoms with Gasteiger partial charge in [0.2, 0.25) is 0 Å². The first-order valence-electron chi connectivity index (χ1n) is 11.8. The summed E-state index contributed by atoms with van der Waals surface area (Å²) in [5, 5.41) is 0. The van der Waals surface area contributed by atoms with E-state index in [1.165, 1.54) is 26.7 Å². The minimum absolute atomic E-state index is 0.0479. The first-order chi connectivity index (χ1) is 16.6. The minimum atomic E-state index is -0.443. The average molecular weight is 467 g/mol. The summed E-state index contributed by atoms with van der Waals surface area (Å²) in [4.78, 5) is 22.9. The molecule has 1 saturated heterocycles. The van der Waals surface area contributed by atoms with E-state index in [-0.39, 0.29) is 12.3 Å². The molecular weight excluding hydrogens is 432 g/mol. The van der Waals surface area contributed by atoms with Crippen molar-refractivity contribution in [1.82, 2.24) is 0 Å². The first-order valence-corrected chi connectivity index (χ1v) is 11.8. The number of benzene rings is 1. The Morgan fingerprint density at radius 2 is 1.76 bits per heavy atom. The third-order valence-electron chi connectivity index (χ3n) is 5.19. The molecule has 6 nitrogen and oxygen atoms in total. The van der Waals surface area contributed by atoms with Gasteiger partial charge >= 0.3 is 11.9 Å². The number of unbranched alkanes of at least 4 members (excludes halogenated alkanes) is 3. The Hall–Kier alpha value is -3.06. The molecule has 34 heavy (non-hydrogen) atoms. The first kappa shape index (κ1) is 27.2. The fraction of sp³-hybridized carbons (Fsp3) is 0.500. The van der Waals surface area contributed by atoms with Gasteiger partial charge in [-0.05, 0) is 56.7 Å². The summed E-state index contributed by atoms with van der Waals surface area (Å²) in [5.74, 6) is 12.0. The molecule has 0 N–H and O–H groups in total. The topological polar surface area (TPSA) is 71.1 Å². The van der Waals surface area contributed by atoms with E-state index in [1.807, 2.05) is 18.2 Å². The van der Waals surface area contributed by atoms with Crippen LogP contribution in [0.2, 0.25) is 0 Å². The van der Waals surface area contributed by atoms with Gasteiger partial charge in [-0.15, -0.1) is 0 Å². The Balaban J connectivity index is 1.96. The molecule has 0 radical (unpaired) electrons. The predicted molar refractivity (Wildman–Crippen MR) is 131 cm³/mol. The average Bonchev–Trinajstić information content (AvgIpc) is 2.87. The van der Waals surface area contributed by atoms with Gasteiger partial charge in [-0.1, -0.05) is 29.7 Å². The lowest BCUT2D eigenvalue weighted by Crippen LogP contribution is -2.22. The van der Waals surface area contributed by atoms with Crippen molar-refractivity contribution >= 4 is 18.0 Å². The Morgan fingerprint density at radius 3 is 2.41 bits per heavy atom.